The van der Waals surface area contributed by atoms with Crippen LogP contribution in [-0.2, 0) is 13.1 Å². The van der Waals surface area contributed by atoms with Crippen molar-refractivity contribution in [2.75, 3.05) is 124 Å². The topological polar surface area (TPSA) is 111 Å². The molecule has 15 heteroatoms. The van der Waals surface area contributed by atoms with E-state index in [4.69, 9.17) is 9.47 Å². The van der Waals surface area contributed by atoms with Crippen molar-refractivity contribution >= 4 is 60.0 Å². The van der Waals surface area contributed by atoms with Crippen LogP contribution in [0, 0.1) is 0 Å². The first-order valence-electron chi connectivity index (χ1n) is 23.2. The van der Waals surface area contributed by atoms with Gasteiger partial charge in [0.15, 0.2) is 0 Å². The Morgan fingerprint density at radius 1 is 0.507 bits per heavy atom. The van der Waals surface area contributed by atoms with Crippen LogP contribution in [0.1, 0.15) is 11.1 Å². The van der Waals surface area contributed by atoms with Gasteiger partial charge in [0.25, 0.3) is 0 Å². The van der Waals surface area contributed by atoms with E-state index in [2.05, 4.69) is 165 Å². The zero-order chi connectivity index (χ0) is 46.5. The van der Waals surface area contributed by atoms with Gasteiger partial charge < -0.3 is 39.3 Å². The van der Waals surface area contributed by atoms with Gasteiger partial charge in [-0.05, 0) is 105 Å². The fraction of sp³-hybridized carbons (Fsp3) is 0.365. The van der Waals surface area contributed by atoms with Crippen molar-refractivity contribution in [3.05, 3.63) is 137 Å². The summed E-state index contributed by atoms with van der Waals surface area (Å²) in [6.07, 6.45) is 5.71. The van der Waals surface area contributed by atoms with Crippen LogP contribution in [0.15, 0.2) is 126 Å². The van der Waals surface area contributed by atoms with Crippen molar-refractivity contribution in [2.45, 2.75) is 13.1 Å². The standard InChI is InChI=1S/C20H24N4O.C15H13BrN2O.C12H16N4.C5H12N2/c1-22-9-11-23(12-10-22)18-6-5-17-14-21-24(20(17)13-18)15-16-3-7-19(25-2)8-4-16;1-19-14-6-2-11(3-7-14)10-18-15-8-13(16)5-4-12(15)9-17-18;1-15-4-6-16(7-5-15)11-3-2-10-9-13-14-12(10)8-11;1-7-4-2-6-3-5-7/h3-8,13-14H,9-12,15H2,1-2H3;2-9H,10H2,1H3;2-3,8-9H,4-7H2,1H3,(H,13,14);6H,2-5H2,1H3. The third-order valence-corrected chi connectivity index (χ3v) is 13.2. The Kier molecular flexibility index (Phi) is 16.4. The summed E-state index contributed by atoms with van der Waals surface area (Å²) in [6.45, 7) is 15.1. The predicted molar refractivity (Wildman–Crippen MR) is 277 cm³/mol. The first-order valence-corrected chi connectivity index (χ1v) is 24.0. The van der Waals surface area contributed by atoms with Gasteiger partial charge in [0.05, 0.1) is 62.4 Å². The Morgan fingerprint density at radius 3 is 1.46 bits per heavy atom. The monoisotopic (exact) mass is 968 g/mol. The zero-order valence-electron chi connectivity index (χ0n) is 39.6. The lowest BCUT2D eigenvalue weighted by atomic mass is 10.2. The molecule has 0 amide bonds. The van der Waals surface area contributed by atoms with E-state index >= 15 is 0 Å². The van der Waals surface area contributed by atoms with Crippen LogP contribution >= 0.6 is 15.9 Å². The summed E-state index contributed by atoms with van der Waals surface area (Å²) in [5, 5.41) is 22.9. The molecule has 2 N–H and O–H groups in total. The molecule has 5 aromatic carbocycles. The summed E-state index contributed by atoms with van der Waals surface area (Å²) in [5.74, 6) is 1.75. The van der Waals surface area contributed by atoms with E-state index in [-0.39, 0.29) is 0 Å². The minimum Gasteiger partial charge on any atom is -0.497 e. The average molecular weight is 970 g/mol. The van der Waals surface area contributed by atoms with Crippen LogP contribution in [0.5, 0.6) is 11.5 Å². The fourth-order valence-corrected chi connectivity index (χ4v) is 8.74. The highest BCUT2D eigenvalue weighted by Crippen LogP contribution is 2.25. The lowest BCUT2D eigenvalue weighted by Crippen LogP contribution is -2.44. The number of H-pyrrole nitrogens is 1. The number of rotatable bonds is 8. The minimum atomic E-state index is 0.754. The van der Waals surface area contributed by atoms with Crippen molar-refractivity contribution in [2.24, 2.45) is 0 Å². The van der Waals surface area contributed by atoms with E-state index in [0.717, 1.165) is 111 Å². The van der Waals surface area contributed by atoms with E-state index in [1.165, 1.54) is 51.9 Å². The molecule has 352 valence electrons. The van der Waals surface area contributed by atoms with Crippen LogP contribution in [-0.4, -0.2) is 158 Å². The van der Waals surface area contributed by atoms with Crippen LogP contribution < -0.4 is 24.6 Å². The Labute approximate surface area is 403 Å². The highest BCUT2D eigenvalue weighted by atomic mass is 79.9. The number of aromatic nitrogens is 6. The average Bonchev–Trinajstić information content (AvgIpc) is 4.12. The summed E-state index contributed by atoms with van der Waals surface area (Å²) in [7, 11) is 9.88. The number of ether oxygens (including phenoxy) is 2. The molecule has 3 aliphatic heterocycles. The molecule has 67 heavy (non-hydrogen) atoms. The van der Waals surface area contributed by atoms with E-state index in [0.29, 0.717) is 0 Å². The summed E-state index contributed by atoms with van der Waals surface area (Å²) in [6, 6.07) is 35.6. The number of methoxy groups -OCH3 is 2. The van der Waals surface area contributed by atoms with Gasteiger partial charge in [0.1, 0.15) is 11.5 Å². The van der Waals surface area contributed by atoms with Gasteiger partial charge >= 0.3 is 0 Å². The number of aromatic amines is 1. The molecule has 3 aromatic heterocycles. The molecular weight excluding hydrogens is 905 g/mol. The van der Waals surface area contributed by atoms with Gasteiger partial charge in [-0.2, -0.15) is 15.3 Å². The highest BCUT2D eigenvalue weighted by molar-refractivity contribution is 9.10. The number of nitrogens with one attached hydrogen (secondary N) is 2. The van der Waals surface area contributed by atoms with Crippen LogP contribution in [0.25, 0.3) is 32.7 Å². The van der Waals surface area contributed by atoms with E-state index in [9.17, 15) is 0 Å². The summed E-state index contributed by atoms with van der Waals surface area (Å²) >= 11 is 3.50. The van der Waals surface area contributed by atoms with Gasteiger partial charge in [-0.15, -0.1) is 0 Å². The van der Waals surface area contributed by atoms with Crippen LogP contribution in [0.4, 0.5) is 11.4 Å². The molecular formula is C52H65BrN12O2. The number of hydrogen-bond acceptors (Lipinski definition) is 11. The van der Waals surface area contributed by atoms with Crippen LogP contribution in [0.2, 0.25) is 0 Å². The predicted octanol–water partition coefficient (Wildman–Crippen LogP) is 7.54. The minimum absolute atomic E-state index is 0.754. The second-order valence-electron chi connectivity index (χ2n) is 17.5. The van der Waals surface area contributed by atoms with Crippen molar-refractivity contribution < 1.29 is 9.47 Å². The summed E-state index contributed by atoms with van der Waals surface area (Å²) in [5.41, 5.74) is 8.44. The molecule has 0 saturated carbocycles. The molecule has 14 nitrogen and oxygen atoms in total. The molecule has 6 heterocycles. The van der Waals surface area contributed by atoms with Gasteiger partial charge in [0, 0.05) is 111 Å². The molecule has 3 aliphatic rings. The van der Waals surface area contributed by atoms with Gasteiger partial charge in [-0.25, -0.2) is 0 Å². The molecule has 0 atom stereocenters. The number of likely N-dealkylation sites (N-methyl/N-ethyl adjacent to an activating group) is 3. The summed E-state index contributed by atoms with van der Waals surface area (Å²) in [4.78, 5) is 12.0. The number of nitrogens with zero attached hydrogens (tertiary/aromatic N) is 10. The number of piperazine rings is 3. The van der Waals surface area contributed by atoms with Gasteiger partial charge in [-0.1, -0.05) is 46.3 Å². The Bertz CT molecular complexity index is 2750. The highest BCUT2D eigenvalue weighted by Gasteiger charge is 2.17. The number of anilines is 2. The lowest BCUT2D eigenvalue weighted by molar-refractivity contribution is 0.291. The van der Waals surface area contributed by atoms with E-state index in [1.807, 2.05) is 53.6 Å². The molecule has 0 bridgehead atoms. The maximum absolute atomic E-state index is 5.23. The van der Waals surface area contributed by atoms with Crippen molar-refractivity contribution in [3.63, 3.8) is 0 Å². The molecule has 0 radical (unpaired) electrons. The first kappa shape index (κ1) is 47.5. The largest absolute Gasteiger partial charge is 0.497 e. The molecule has 0 aliphatic carbocycles. The quantitative estimate of drug-likeness (QED) is 0.158. The molecule has 0 unspecified atom stereocenters. The molecule has 3 fully saturated rings. The number of fused-ring (bicyclic) bond motifs is 3. The van der Waals surface area contributed by atoms with E-state index in [1.54, 1.807) is 14.2 Å². The Morgan fingerprint density at radius 2 is 0.970 bits per heavy atom. The second kappa shape index (κ2) is 23.2. The molecule has 8 aromatic rings. The lowest BCUT2D eigenvalue weighted by Gasteiger charge is -2.34. The van der Waals surface area contributed by atoms with Crippen molar-refractivity contribution in [1.82, 2.24) is 49.8 Å². The first-order chi connectivity index (χ1) is 32.7. The fourth-order valence-electron chi connectivity index (χ4n) is 8.39. The summed E-state index contributed by atoms with van der Waals surface area (Å²) < 4.78 is 15.5. The molecule has 3 saturated heterocycles. The Balaban J connectivity index is 0.000000129. The number of halogens is 1. The van der Waals surface area contributed by atoms with Gasteiger partial charge in [0.2, 0.25) is 0 Å². The molecule has 11 rings (SSSR count). The third-order valence-electron chi connectivity index (χ3n) is 12.7. The zero-order valence-corrected chi connectivity index (χ0v) is 41.2. The normalized spacial score (nSPS) is 15.9. The van der Waals surface area contributed by atoms with Crippen molar-refractivity contribution in [1.29, 1.82) is 0 Å². The van der Waals surface area contributed by atoms with Gasteiger partial charge in [-0.3, -0.25) is 14.5 Å². The second-order valence-corrected chi connectivity index (χ2v) is 18.4. The SMILES string of the molecule is CN1CCN(c2ccc3cn[nH]c3c2)CC1.CN1CCNCC1.COc1ccc(Cn2ncc3ccc(Br)cc32)cc1.COc1ccc(Cn2ncc3ccc(N4CCN(C)CC4)cc32)cc1. The number of benzene rings is 5. The van der Waals surface area contributed by atoms with E-state index < -0.39 is 0 Å². The van der Waals surface area contributed by atoms with Crippen molar-refractivity contribution in [3.8, 4) is 11.5 Å². The smallest absolute Gasteiger partial charge is 0.118 e. The maximum atomic E-state index is 5.23. The maximum Gasteiger partial charge on any atom is 0.118 e. The van der Waals surface area contributed by atoms with Crippen LogP contribution in [0.3, 0.4) is 0 Å². The third kappa shape index (κ3) is 12.9. The number of hydrogen-bond donors (Lipinski definition) is 2. The molecule has 0 spiro atoms. The Hall–Kier alpha value is -5.97.